The van der Waals surface area contributed by atoms with Crippen molar-refractivity contribution < 1.29 is 9.53 Å². The van der Waals surface area contributed by atoms with Crippen molar-refractivity contribution in [3.05, 3.63) is 18.2 Å². The van der Waals surface area contributed by atoms with Crippen molar-refractivity contribution in [1.29, 1.82) is 0 Å². The molecular weight excluding hydrogens is 216 g/mol. The lowest BCUT2D eigenvalue weighted by Gasteiger charge is -2.24. The average Bonchev–Trinajstić information content (AvgIpc) is 2.46. The first kappa shape index (κ1) is 11.8. The van der Waals surface area contributed by atoms with Crippen molar-refractivity contribution in [3.63, 3.8) is 0 Å². The van der Waals surface area contributed by atoms with Gasteiger partial charge in [-0.15, -0.1) is 0 Å². The maximum atomic E-state index is 11.8. The molecular formula is C13H18N2O2. The maximum absolute atomic E-state index is 11.8. The Morgan fingerprint density at radius 1 is 1.53 bits per heavy atom. The number of benzene rings is 1. The van der Waals surface area contributed by atoms with Gasteiger partial charge in [-0.1, -0.05) is 6.92 Å². The highest BCUT2D eigenvalue weighted by atomic mass is 16.5. The van der Waals surface area contributed by atoms with E-state index in [-0.39, 0.29) is 11.8 Å². The highest BCUT2D eigenvalue weighted by Crippen LogP contribution is 2.33. The molecule has 1 N–H and O–H groups in total. The molecule has 0 saturated heterocycles. The second-order valence-electron chi connectivity index (χ2n) is 4.31. The van der Waals surface area contributed by atoms with Gasteiger partial charge in [0.15, 0.2) is 0 Å². The SMILES string of the molecule is CCN1CC(C)C(=O)Nc2ccc(OC)cc21. The Kier molecular flexibility index (Phi) is 3.22. The van der Waals surface area contributed by atoms with Gasteiger partial charge in [-0.3, -0.25) is 4.79 Å². The van der Waals surface area contributed by atoms with E-state index >= 15 is 0 Å². The zero-order valence-electron chi connectivity index (χ0n) is 10.5. The Balaban J connectivity index is 2.44. The van der Waals surface area contributed by atoms with Crippen molar-refractivity contribution in [3.8, 4) is 5.75 Å². The summed E-state index contributed by atoms with van der Waals surface area (Å²) < 4.78 is 5.23. The maximum Gasteiger partial charge on any atom is 0.229 e. The molecule has 1 aliphatic heterocycles. The number of methoxy groups -OCH3 is 1. The van der Waals surface area contributed by atoms with Gasteiger partial charge in [0, 0.05) is 19.2 Å². The van der Waals surface area contributed by atoms with Crippen molar-refractivity contribution in [2.24, 2.45) is 5.92 Å². The number of anilines is 2. The van der Waals surface area contributed by atoms with Gasteiger partial charge < -0.3 is 15.0 Å². The highest BCUT2D eigenvalue weighted by molar-refractivity contribution is 5.97. The van der Waals surface area contributed by atoms with Crippen LogP contribution in [-0.2, 0) is 4.79 Å². The van der Waals surface area contributed by atoms with Crippen LogP contribution in [0.5, 0.6) is 5.75 Å². The van der Waals surface area contributed by atoms with Crippen LogP contribution in [0.25, 0.3) is 0 Å². The minimum absolute atomic E-state index is 0.00616. The molecule has 0 fully saturated rings. The third-order valence-electron chi connectivity index (χ3n) is 3.13. The molecule has 0 saturated carbocycles. The molecule has 0 spiro atoms. The van der Waals surface area contributed by atoms with Gasteiger partial charge in [0.1, 0.15) is 5.75 Å². The second kappa shape index (κ2) is 4.65. The normalized spacial score (nSPS) is 19.4. The first-order valence-corrected chi connectivity index (χ1v) is 5.89. The fourth-order valence-electron chi connectivity index (χ4n) is 2.07. The van der Waals surface area contributed by atoms with Gasteiger partial charge in [-0.05, 0) is 19.1 Å². The number of nitrogens with zero attached hydrogens (tertiary/aromatic N) is 1. The van der Waals surface area contributed by atoms with E-state index in [0.29, 0.717) is 0 Å². The minimum atomic E-state index is -0.00616. The Morgan fingerprint density at radius 2 is 2.29 bits per heavy atom. The molecule has 17 heavy (non-hydrogen) atoms. The van der Waals surface area contributed by atoms with Crippen molar-refractivity contribution in [2.45, 2.75) is 13.8 Å². The lowest BCUT2D eigenvalue weighted by atomic mass is 10.1. The lowest BCUT2D eigenvalue weighted by molar-refractivity contribution is -0.119. The molecule has 2 rings (SSSR count). The van der Waals surface area contributed by atoms with Gasteiger partial charge in [-0.25, -0.2) is 0 Å². The summed E-state index contributed by atoms with van der Waals surface area (Å²) in [4.78, 5) is 14.0. The Bertz CT molecular complexity index is 431. The van der Waals surface area contributed by atoms with Crippen LogP contribution in [0.15, 0.2) is 18.2 Å². The van der Waals surface area contributed by atoms with Crippen LogP contribution < -0.4 is 15.0 Å². The predicted molar refractivity (Wildman–Crippen MR) is 68.7 cm³/mol. The Morgan fingerprint density at radius 3 is 2.94 bits per heavy atom. The summed E-state index contributed by atoms with van der Waals surface area (Å²) in [6, 6.07) is 5.73. The van der Waals surface area contributed by atoms with E-state index < -0.39 is 0 Å². The molecule has 4 heteroatoms. The number of carbonyl (C=O) groups is 1. The lowest BCUT2D eigenvalue weighted by Crippen LogP contribution is -2.30. The van der Waals surface area contributed by atoms with E-state index in [1.807, 2.05) is 25.1 Å². The number of nitrogens with one attached hydrogen (secondary N) is 1. The van der Waals surface area contributed by atoms with Crippen LogP contribution in [0.2, 0.25) is 0 Å². The number of fused-ring (bicyclic) bond motifs is 1. The molecule has 1 atom stereocenters. The van der Waals surface area contributed by atoms with Crippen LogP contribution in [0.4, 0.5) is 11.4 Å². The smallest absolute Gasteiger partial charge is 0.229 e. The topological polar surface area (TPSA) is 41.6 Å². The monoisotopic (exact) mass is 234 g/mol. The first-order valence-electron chi connectivity index (χ1n) is 5.89. The number of amides is 1. The van der Waals surface area contributed by atoms with E-state index in [4.69, 9.17) is 4.74 Å². The summed E-state index contributed by atoms with van der Waals surface area (Å²) in [5.74, 6) is 0.881. The van der Waals surface area contributed by atoms with E-state index in [1.54, 1.807) is 7.11 Å². The molecule has 0 aromatic heterocycles. The molecule has 1 heterocycles. The molecule has 1 unspecified atom stereocenters. The summed E-state index contributed by atoms with van der Waals surface area (Å²) in [6.07, 6.45) is 0. The van der Waals surface area contributed by atoms with E-state index in [0.717, 1.165) is 30.2 Å². The van der Waals surface area contributed by atoms with Gasteiger partial charge in [0.25, 0.3) is 0 Å². The largest absolute Gasteiger partial charge is 0.497 e. The highest BCUT2D eigenvalue weighted by Gasteiger charge is 2.24. The third kappa shape index (κ3) is 2.20. The zero-order valence-corrected chi connectivity index (χ0v) is 10.5. The van der Waals surface area contributed by atoms with Gasteiger partial charge in [-0.2, -0.15) is 0 Å². The van der Waals surface area contributed by atoms with Gasteiger partial charge in [0.05, 0.1) is 24.4 Å². The molecule has 0 aliphatic carbocycles. The van der Waals surface area contributed by atoms with E-state index in [9.17, 15) is 4.79 Å². The van der Waals surface area contributed by atoms with E-state index in [2.05, 4.69) is 17.1 Å². The predicted octanol–water partition coefficient (Wildman–Crippen LogP) is 2.11. The van der Waals surface area contributed by atoms with Crippen LogP contribution in [0, 0.1) is 5.92 Å². The molecule has 1 amide bonds. The average molecular weight is 234 g/mol. The fourth-order valence-corrected chi connectivity index (χ4v) is 2.07. The molecule has 1 aliphatic rings. The van der Waals surface area contributed by atoms with Crippen LogP contribution in [0.3, 0.4) is 0 Å². The minimum Gasteiger partial charge on any atom is -0.497 e. The number of ether oxygens (including phenoxy) is 1. The quantitative estimate of drug-likeness (QED) is 0.852. The molecule has 1 aromatic carbocycles. The fraction of sp³-hybridized carbons (Fsp3) is 0.462. The van der Waals surface area contributed by atoms with E-state index in [1.165, 1.54) is 0 Å². The summed E-state index contributed by atoms with van der Waals surface area (Å²) in [5.41, 5.74) is 1.89. The molecule has 0 radical (unpaired) electrons. The van der Waals surface area contributed by atoms with Crippen molar-refractivity contribution in [2.75, 3.05) is 30.4 Å². The molecule has 92 valence electrons. The summed E-state index contributed by atoms with van der Waals surface area (Å²) in [5, 5.41) is 2.95. The van der Waals surface area contributed by atoms with Gasteiger partial charge >= 0.3 is 0 Å². The zero-order chi connectivity index (χ0) is 12.4. The van der Waals surface area contributed by atoms with Crippen LogP contribution in [-0.4, -0.2) is 26.1 Å². The summed E-state index contributed by atoms with van der Waals surface area (Å²) in [6.45, 7) is 5.65. The molecule has 4 nitrogen and oxygen atoms in total. The van der Waals surface area contributed by atoms with Crippen molar-refractivity contribution in [1.82, 2.24) is 0 Å². The number of hydrogen-bond donors (Lipinski definition) is 1. The summed E-state index contributed by atoms with van der Waals surface area (Å²) >= 11 is 0. The second-order valence-corrected chi connectivity index (χ2v) is 4.31. The van der Waals surface area contributed by atoms with Crippen LogP contribution in [0.1, 0.15) is 13.8 Å². The van der Waals surface area contributed by atoms with Gasteiger partial charge in [0.2, 0.25) is 5.91 Å². The first-order chi connectivity index (χ1) is 8.15. The Hall–Kier alpha value is -1.71. The Labute approximate surface area is 102 Å². The number of hydrogen-bond acceptors (Lipinski definition) is 3. The number of rotatable bonds is 2. The third-order valence-corrected chi connectivity index (χ3v) is 3.13. The van der Waals surface area contributed by atoms with Crippen LogP contribution >= 0.6 is 0 Å². The molecule has 0 bridgehead atoms. The summed E-state index contributed by atoms with van der Waals surface area (Å²) in [7, 11) is 1.65. The van der Waals surface area contributed by atoms with Crippen molar-refractivity contribution >= 4 is 17.3 Å². The molecule has 1 aromatic rings. The standard InChI is InChI=1S/C13H18N2O2/c1-4-15-8-9(2)13(16)14-11-6-5-10(17-3)7-12(11)15/h5-7,9H,4,8H2,1-3H3,(H,14,16). The number of carbonyl (C=O) groups excluding carboxylic acids is 1.